The molecule has 2 aliphatic rings. The Bertz CT molecular complexity index is 792. The van der Waals surface area contributed by atoms with Gasteiger partial charge in [-0.15, -0.1) is 0 Å². The van der Waals surface area contributed by atoms with E-state index < -0.39 is 0 Å². The Balaban J connectivity index is 1.51. The lowest BCUT2D eigenvalue weighted by Crippen LogP contribution is -2.49. The molecular formula is C21H28N2O3. The molecule has 1 amide bonds. The first-order valence-corrected chi connectivity index (χ1v) is 9.69. The minimum Gasteiger partial charge on any atom is -0.381 e. The van der Waals surface area contributed by atoms with E-state index in [0.29, 0.717) is 11.8 Å². The number of rotatable bonds is 3. The Kier molecular flexibility index (Phi) is 5.00. The molecule has 2 aromatic rings. The number of aromatic amines is 1. The molecule has 5 nitrogen and oxygen atoms in total. The van der Waals surface area contributed by atoms with Crippen LogP contribution >= 0.6 is 0 Å². The van der Waals surface area contributed by atoms with Gasteiger partial charge in [-0.3, -0.25) is 4.79 Å². The van der Waals surface area contributed by atoms with E-state index in [1.165, 1.54) is 5.56 Å². The molecule has 4 rings (SSSR count). The smallest absolute Gasteiger partial charge is 0.251 e. The number of aromatic nitrogens is 1. The summed E-state index contributed by atoms with van der Waals surface area (Å²) in [7, 11) is 0. The van der Waals surface area contributed by atoms with Crippen LogP contribution in [0.4, 0.5) is 0 Å². The first-order valence-electron chi connectivity index (χ1n) is 9.69. The fourth-order valence-corrected chi connectivity index (χ4v) is 4.40. The predicted octanol–water partition coefficient (Wildman–Crippen LogP) is 3.35. The standard InChI is InChI=1S/C21H28N2O3/c1-13-14(2)22-19-4-3-16(11-17(13)19)21(24)23-20-7-10-26-12-18(20)15-5-8-25-9-6-15/h3-4,11,15,18,20,22H,5-10,12H2,1-2H3,(H,23,24)/t18-,20-/m1/s1. The second kappa shape index (κ2) is 7.41. The minimum absolute atomic E-state index is 0.0223. The number of aryl methyl sites for hydroxylation is 2. The number of carbonyl (C=O) groups excluding carboxylic acids is 1. The molecule has 140 valence electrons. The Morgan fingerprint density at radius 3 is 2.69 bits per heavy atom. The summed E-state index contributed by atoms with van der Waals surface area (Å²) in [5.74, 6) is 0.983. The summed E-state index contributed by atoms with van der Waals surface area (Å²) in [4.78, 5) is 16.3. The third-order valence-corrected chi connectivity index (χ3v) is 6.16. The van der Waals surface area contributed by atoms with Gasteiger partial charge < -0.3 is 19.8 Å². The largest absolute Gasteiger partial charge is 0.381 e. The van der Waals surface area contributed by atoms with Crippen molar-refractivity contribution >= 4 is 16.8 Å². The maximum atomic E-state index is 12.9. The molecular weight excluding hydrogens is 328 g/mol. The highest BCUT2D eigenvalue weighted by Gasteiger charge is 2.34. The van der Waals surface area contributed by atoms with Crippen molar-refractivity contribution in [1.29, 1.82) is 0 Å². The van der Waals surface area contributed by atoms with Crippen molar-refractivity contribution in [2.75, 3.05) is 26.4 Å². The molecule has 0 bridgehead atoms. The average molecular weight is 356 g/mol. The first-order chi connectivity index (χ1) is 12.6. The van der Waals surface area contributed by atoms with E-state index in [0.717, 1.165) is 67.9 Å². The fourth-order valence-electron chi connectivity index (χ4n) is 4.40. The molecule has 0 spiro atoms. The number of nitrogens with one attached hydrogen (secondary N) is 2. The zero-order valence-electron chi connectivity index (χ0n) is 15.6. The number of carbonyl (C=O) groups is 1. The Hall–Kier alpha value is -1.85. The van der Waals surface area contributed by atoms with Crippen LogP contribution in [0.25, 0.3) is 10.9 Å². The number of hydrogen-bond acceptors (Lipinski definition) is 3. The molecule has 2 aliphatic heterocycles. The van der Waals surface area contributed by atoms with Gasteiger partial charge in [-0.25, -0.2) is 0 Å². The second-order valence-corrected chi connectivity index (χ2v) is 7.69. The van der Waals surface area contributed by atoms with E-state index in [2.05, 4.69) is 24.1 Å². The van der Waals surface area contributed by atoms with Gasteiger partial charge in [0.15, 0.2) is 0 Å². The Labute approximate surface area is 154 Å². The predicted molar refractivity (Wildman–Crippen MR) is 101 cm³/mol. The zero-order chi connectivity index (χ0) is 18.1. The molecule has 2 fully saturated rings. The van der Waals surface area contributed by atoms with Crippen LogP contribution in [0.5, 0.6) is 0 Å². The molecule has 2 atom stereocenters. The van der Waals surface area contributed by atoms with Crippen LogP contribution in [0.3, 0.4) is 0 Å². The third-order valence-electron chi connectivity index (χ3n) is 6.16. The molecule has 1 aromatic heterocycles. The summed E-state index contributed by atoms with van der Waals surface area (Å²) in [5.41, 5.74) is 4.18. The van der Waals surface area contributed by atoms with Gasteiger partial charge in [0.1, 0.15) is 0 Å². The monoisotopic (exact) mass is 356 g/mol. The van der Waals surface area contributed by atoms with E-state index in [-0.39, 0.29) is 11.9 Å². The number of benzene rings is 1. The van der Waals surface area contributed by atoms with Crippen molar-refractivity contribution in [2.45, 2.75) is 39.2 Å². The van der Waals surface area contributed by atoms with Crippen LogP contribution in [-0.2, 0) is 9.47 Å². The quantitative estimate of drug-likeness (QED) is 0.886. The summed E-state index contributed by atoms with van der Waals surface area (Å²) < 4.78 is 11.2. The highest BCUT2D eigenvalue weighted by atomic mass is 16.5. The Morgan fingerprint density at radius 1 is 1.12 bits per heavy atom. The van der Waals surface area contributed by atoms with Gasteiger partial charge in [0.2, 0.25) is 0 Å². The van der Waals surface area contributed by atoms with Crippen LogP contribution in [0.2, 0.25) is 0 Å². The topological polar surface area (TPSA) is 63.4 Å². The molecule has 3 heterocycles. The molecule has 26 heavy (non-hydrogen) atoms. The number of amides is 1. The van der Waals surface area contributed by atoms with Gasteiger partial charge in [0.25, 0.3) is 5.91 Å². The maximum Gasteiger partial charge on any atom is 0.251 e. The summed E-state index contributed by atoms with van der Waals surface area (Å²) in [6.07, 6.45) is 3.01. The fraction of sp³-hybridized carbons (Fsp3) is 0.571. The van der Waals surface area contributed by atoms with Gasteiger partial charge in [-0.2, -0.15) is 0 Å². The normalized spacial score (nSPS) is 24.7. The van der Waals surface area contributed by atoms with Crippen LogP contribution in [0.1, 0.15) is 40.9 Å². The van der Waals surface area contributed by atoms with Crippen LogP contribution in [-0.4, -0.2) is 43.4 Å². The lowest BCUT2D eigenvalue weighted by molar-refractivity contribution is -0.0259. The molecule has 2 N–H and O–H groups in total. The van der Waals surface area contributed by atoms with Crippen molar-refractivity contribution < 1.29 is 14.3 Å². The van der Waals surface area contributed by atoms with Crippen LogP contribution in [0.15, 0.2) is 18.2 Å². The van der Waals surface area contributed by atoms with E-state index in [1.54, 1.807) is 0 Å². The molecule has 0 unspecified atom stereocenters. The third kappa shape index (κ3) is 3.38. The van der Waals surface area contributed by atoms with Crippen molar-refractivity contribution in [3.8, 4) is 0 Å². The summed E-state index contributed by atoms with van der Waals surface area (Å²) >= 11 is 0. The van der Waals surface area contributed by atoms with E-state index in [9.17, 15) is 4.79 Å². The molecule has 2 saturated heterocycles. The van der Waals surface area contributed by atoms with Gasteiger partial charge in [0.05, 0.1) is 6.61 Å². The lowest BCUT2D eigenvalue weighted by atomic mass is 9.79. The SMILES string of the molecule is Cc1[nH]c2ccc(C(=O)N[C@@H]3CCOC[C@@H]3C3CCOCC3)cc2c1C. The number of H-pyrrole nitrogens is 1. The van der Waals surface area contributed by atoms with Gasteiger partial charge in [0, 0.05) is 53.9 Å². The van der Waals surface area contributed by atoms with Crippen molar-refractivity contribution in [3.63, 3.8) is 0 Å². The van der Waals surface area contributed by atoms with Crippen molar-refractivity contribution in [1.82, 2.24) is 10.3 Å². The summed E-state index contributed by atoms with van der Waals surface area (Å²) in [5, 5.41) is 4.43. The zero-order valence-corrected chi connectivity index (χ0v) is 15.6. The van der Waals surface area contributed by atoms with Crippen LogP contribution < -0.4 is 5.32 Å². The Morgan fingerprint density at radius 2 is 1.88 bits per heavy atom. The maximum absolute atomic E-state index is 12.9. The number of hydrogen-bond donors (Lipinski definition) is 2. The summed E-state index contributed by atoms with van der Waals surface area (Å²) in [6, 6.07) is 6.11. The van der Waals surface area contributed by atoms with Crippen molar-refractivity contribution in [2.24, 2.45) is 11.8 Å². The average Bonchev–Trinajstić information content (AvgIpc) is 2.96. The number of fused-ring (bicyclic) bond motifs is 1. The van der Waals surface area contributed by atoms with E-state index >= 15 is 0 Å². The first kappa shape index (κ1) is 17.6. The van der Waals surface area contributed by atoms with E-state index in [4.69, 9.17) is 9.47 Å². The van der Waals surface area contributed by atoms with E-state index in [1.807, 2.05) is 18.2 Å². The van der Waals surface area contributed by atoms with Crippen LogP contribution in [0, 0.1) is 25.7 Å². The summed E-state index contributed by atoms with van der Waals surface area (Å²) in [6.45, 7) is 7.27. The molecule has 0 radical (unpaired) electrons. The molecule has 1 aromatic carbocycles. The number of ether oxygens (including phenoxy) is 2. The van der Waals surface area contributed by atoms with Gasteiger partial charge >= 0.3 is 0 Å². The van der Waals surface area contributed by atoms with Crippen molar-refractivity contribution in [3.05, 3.63) is 35.0 Å². The van der Waals surface area contributed by atoms with Gasteiger partial charge in [-0.05, 0) is 62.8 Å². The molecule has 5 heteroatoms. The molecule has 0 aliphatic carbocycles. The highest BCUT2D eigenvalue weighted by Crippen LogP contribution is 2.30. The van der Waals surface area contributed by atoms with Gasteiger partial charge in [-0.1, -0.05) is 0 Å². The lowest BCUT2D eigenvalue weighted by Gasteiger charge is -2.39. The molecule has 0 saturated carbocycles. The second-order valence-electron chi connectivity index (χ2n) is 7.69. The minimum atomic E-state index is 0.0223. The highest BCUT2D eigenvalue weighted by molar-refractivity contribution is 5.99.